The van der Waals surface area contributed by atoms with Gasteiger partial charge in [0.25, 0.3) is 0 Å². The van der Waals surface area contributed by atoms with Crippen molar-refractivity contribution in [3.8, 4) is 5.75 Å². The van der Waals surface area contributed by atoms with Gasteiger partial charge >= 0.3 is 5.97 Å². The maximum atomic E-state index is 11.1. The molecule has 1 aliphatic rings. The maximum Gasteiger partial charge on any atom is 0.320 e. The molecule has 0 saturated carbocycles. The minimum atomic E-state index is -1.01. The maximum absolute atomic E-state index is 11.1. The van der Waals surface area contributed by atoms with E-state index in [9.17, 15) is 4.79 Å². The van der Waals surface area contributed by atoms with Crippen LogP contribution in [-0.2, 0) is 16.0 Å². The molecule has 1 fully saturated rings. The molecular weight excluding hydrogens is 294 g/mol. The molecule has 1 saturated heterocycles. The summed E-state index contributed by atoms with van der Waals surface area (Å²) in [6, 6.07) is 10.8. The van der Waals surface area contributed by atoms with Crippen LogP contribution >= 0.6 is 0 Å². The van der Waals surface area contributed by atoms with Crippen molar-refractivity contribution >= 4 is 16.7 Å². The van der Waals surface area contributed by atoms with Gasteiger partial charge in [-0.05, 0) is 29.7 Å². The molecule has 23 heavy (non-hydrogen) atoms. The first-order valence-electron chi connectivity index (χ1n) is 7.88. The number of rotatable bonds is 6. The molecular formula is C18H21NO4. The molecule has 2 aromatic carbocycles. The van der Waals surface area contributed by atoms with E-state index >= 15 is 0 Å². The molecule has 0 aliphatic carbocycles. The lowest BCUT2D eigenvalue weighted by Crippen LogP contribution is -2.32. The summed E-state index contributed by atoms with van der Waals surface area (Å²) in [6.07, 6.45) is 2.40. The Morgan fingerprint density at radius 1 is 1.35 bits per heavy atom. The molecule has 5 heteroatoms. The summed E-state index contributed by atoms with van der Waals surface area (Å²) in [6.45, 7) is 1.26. The third-order valence-electron chi connectivity index (χ3n) is 4.19. The zero-order chi connectivity index (χ0) is 16.2. The van der Waals surface area contributed by atoms with Crippen molar-refractivity contribution in [2.75, 3.05) is 13.2 Å². The summed E-state index contributed by atoms with van der Waals surface area (Å²) in [5.41, 5.74) is 6.59. The Hall–Kier alpha value is -2.11. The van der Waals surface area contributed by atoms with E-state index in [1.54, 1.807) is 0 Å². The molecule has 1 heterocycles. The third kappa shape index (κ3) is 3.63. The Morgan fingerprint density at radius 2 is 2.17 bits per heavy atom. The van der Waals surface area contributed by atoms with E-state index in [-0.39, 0.29) is 12.5 Å². The lowest BCUT2D eigenvalue weighted by atomic mass is 9.98. The molecule has 0 radical (unpaired) electrons. The van der Waals surface area contributed by atoms with E-state index in [0.717, 1.165) is 35.8 Å². The topological polar surface area (TPSA) is 81.8 Å². The van der Waals surface area contributed by atoms with Gasteiger partial charge in [0.15, 0.2) is 0 Å². The molecule has 3 N–H and O–H groups in total. The average Bonchev–Trinajstić information content (AvgIpc) is 3.07. The van der Waals surface area contributed by atoms with Crippen molar-refractivity contribution in [2.45, 2.75) is 31.4 Å². The van der Waals surface area contributed by atoms with Crippen molar-refractivity contribution in [3.63, 3.8) is 0 Å². The molecule has 5 nitrogen and oxygen atoms in total. The minimum absolute atomic E-state index is 0.113. The van der Waals surface area contributed by atoms with Crippen molar-refractivity contribution < 1.29 is 19.4 Å². The van der Waals surface area contributed by atoms with Crippen LogP contribution in [0.25, 0.3) is 10.8 Å². The van der Waals surface area contributed by atoms with Gasteiger partial charge in [-0.1, -0.05) is 30.3 Å². The summed E-state index contributed by atoms with van der Waals surface area (Å²) in [7, 11) is 0. The van der Waals surface area contributed by atoms with Crippen molar-refractivity contribution in [1.82, 2.24) is 0 Å². The van der Waals surface area contributed by atoms with Crippen LogP contribution < -0.4 is 10.5 Å². The number of hydrogen-bond donors (Lipinski definition) is 2. The van der Waals surface area contributed by atoms with Gasteiger partial charge in [0.1, 0.15) is 18.4 Å². The van der Waals surface area contributed by atoms with E-state index < -0.39 is 12.0 Å². The highest BCUT2D eigenvalue weighted by atomic mass is 16.5. The van der Waals surface area contributed by atoms with Crippen LogP contribution in [0.4, 0.5) is 0 Å². The summed E-state index contributed by atoms with van der Waals surface area (Å²) < 4.78 is 11.5. The predicted octanol–water partition coefficient (Wildman–Crippen LogP) is 2.35. The fourth-order valence-corrected chi connectivity index (χ4v) is 2.93. The van der Waals surface area contributed by atoms with Crippen molar-refractivity contribution in [1.29, 1.82) is 0 Å². The van der Waals surface area contributed by atoms with Gasteiger partial charge in [0.05, 0.1) is 6.10 Å². The molecule has 2 atom stereocenters. The Morgan fingerprint density at radius 3 is 2.91 bits per heavy atom. The molecule has 122 valence electrons. The van der Waals surface area contributed by atoms with Crippen molar-refractivity contribution in [2.24, 2.45) is 5.73 Å². The number of carboxylic acid groups (broad SMARTS) is 1. The quantitative estimate of drug-likeness (QED) is 0.855. The van der Waals surface area contributed by atoms with Gasteiger partial charge < -0.3 is 20.3 Å². The average molecular weight is 315 g/mol. The van der Waals surface area contributed by atoms with E-state index in [4.69, 9.17) is 20.3 Å². The SMILES string of the molecule is NC(Cc1c(OCC2CCCO2)ccc2ccccc12)C(=O)O. The number of benzene rings is 2. The first kappa shape index (κ1) is 15.8. The van der Waals surface area contributed by atoms with Crippen LogP contribution in [0.5, 0.6) is 5.75 Å². The lowest BCUT2D eigenvalue weighted by Gasteiger charge is -2.18. The Bertz CT molecular complexity index is 694. The van der Waals surface area contributed by atoms with E-state index in [1.165, 1.54) is 0 Å². The van der Waals surface area contributed by atoms with Gasteiger partial charge in [-0.15, -0.1) is 0 Å². The van der Waals surface area contributed by atoms with Gasteiger partial charge in [-0.3, -0.25) is 4.79 Å². The second-order valence-corrected chi connectivity index (χ2v) is 5.86. The molecule has 0 bridgehead atoms. The van der Waals surface area contributed by atoms with Crippen LogP contribution in [0, 0.1) is 0 Å². The van der Waals surface area contributed by atoms with Gasteiger partial charge in [0, 0.05) is 18.6 Å². The van der Waals surface area contributed by atoms with Crippen LogP contribution in [0.3, 0.4) is 0 Å². The highest BCUT2D eigenvalue weighted by molar-refractivity contribution is 5.88. The highest BCUT2D eigenvalue weighted by Gasteiger charge is 2.20. The number of fused-ring (bicyclic) bond motifs is 1. The molecule has 0 aromatic heterocycles. The fourth-order valence-electron chi connectivity index (χ4n) is 2.93. The molecule has 3 rings (SSSR count). The predicted molar refractivity (Wildman–Crippen MR) is 87.7 cm³/mol. The smallest absolute Gasteiger partial charge is 0.320 e. The summed E-state index contributed by atoms with van der Waals surface area (Å²) in [5.74, 6) is -0.320. The number of aliphatic carboxylic acids is 1. The third-order valence-corrected chi connectivity index (χ3v) is 4.19. The van der Waals surface area contributed by atoms with E-state index in [0.29, 0.717) is 12.4 Å². The molecule has 0 spiro atoms. The Labute approximate surface area is 135 Å². The van der Waals surface area contributed by atoms with Crippen LogP contribution in [0.1, 0.15) is 18.4 Å². The number of carboxylic acids is 1. The standard InChI is InChI=1S/C18H21NO4/c19-16(18(20)21)10-15-14-6-2-1-4-12(14)7-8-17(15)23-11-13-5-3-9-22-13/h1-2,4,6-8,13,16H,3,5,9-11,19H2,(H,20,21). The van der Waals surface area contributed by atoms with Crippen LogP contribution in [0.2, 0.25) is 0 Å². The fraction of sp³-hybridized carbons (Fsp3) is 0.389. The van der Waals surface area contributed by atoms with Crippen LogP contribution in [0.15, 0.2) is 36.4 Å². The zero-order valence-electron chi connectivity index (χ0n) is 12.9. The van der Waals surface area contributed by atoms with Gasteiger partial charge in [0.2, 0.25) is 0 Å². The zero-order valence-corrected chi connectivity index (χ0v) is 12.9. The van der Waals surface area contributed by atoms with Crippen LogP contribution in [-0.4, -0.2) is 36.4 Å². The first-order chi connectivity index (χ1) is 11.1. The first-order valence-corrected chi connectivity index (χ1v) is 7.88. The number of nitrogens with two attached hydrogens (primary N) is 1. The molecule has 2 aromatic rings. The van der Waals surface area contributed by atoms with Gasteiger partial charge in [-0.25, -0.2) is 0 Å². The second kappa shape index (κ2) is 6.98. The number of hydrogen-bond acceptors (Lipinski definition) is 4. The second-order valence-electron chi connectivity index (χ2n) is 5.86. The lowest BCUT2D eigenvalue weighted by molar-refractivity contribution is -0.138. The minimum Gasteiger partial charge on any atom is -0.491 e. The summed E-state index contributed by atoms with van der Waals surface area (Å²) in [5, 5.41) is 11.1. The molecule has 0 amide bonds. The Kier molecular flexibility index (Phi) is 4.79. The number of ether oxygens (including phenoxy) is 2. The van der Waals surface area contributed by atoms with E-state index in [1.807, 2.05) is 36.4 Å². The number of carbonyl (C=O) groups is 1. The normalized spacial score (nSPS) is 18.9. The molecule has 2 unspecified atom stereocenters. The Balaban J connectivity index is 1.89. The monoisotopic (exact) mass is 315 g/mol. The molecule has 1 aliphatic heterocycles. The van der Waals surface area contributed by atoms with Crippen molar-refractivity contribution in [3.05, 3.63) is 42.0 Å². The van der Waals surface area contributed by atoms with Gasteiger partial charge in [-0.2, -0.15) is 0 Å². The summed E-state index contributed by atoms with van der Waals surface area (Å²) in [4.78, 5) is 11.1. The summed E-state index contributed by atoms with van der Waals surface area (Å²) >= 11 is 0. The van der Waals surface area contributed by atoms with E-state index in [2.05, 4.69) is 0 Å². The highest BCUT2D eigenvalue weighted by Crippen LogP contribution is 2.30. The largest absolute Gasteiger partial charge is 0.491 e.